The fraction of sp³-hybridized carbons (Fsp3) is 0.176. The van der Waals surface area contributed by atoms with Crippen LogP contribution in [0.5, 0.6) is 11.5 Å². The summed E-state index contributed by atoms with van der Waals surface area (Å²) in [6.07, 6.45) is 1.39. The molecule has 0 aliphatic rings. The van der Waals surface area contributed by atoms with E-state index in [9.17, 15) is 9.90 Å². The van der Waals surface area contributed by atoms with Crippen molar-refractivity contribution in [3.05, 3.63) is 55.1 Å². The first-order chi connectivity index (χ1) is 11.4. The topological polar surface area (TPSA) is 70.9 Å². The Hall–Kier alpha value is -1.61. The van der Waals surface area contributed by atoms with E-state index in [0.29, 0.717) is 14.9 Å². The van der Waals surface area contributed by atoms with Crippen molar-refractivity contribution in [2.24, 2.45) is 5.10 Å². The lowest BCUT2D eigenvalue weighted by molar-refractivity contribution is -0.123. The number of carbonyl (C=O) groups is 1. The number of hydrogen-bond donors (Lipinski definition) is 2. The molecule has 0 heterocycles. The molecule has 0 aromatic heterocycles. The highest BCUT2D eigenvalue weighted by atomic mass is 127. The van der Waals surface area contributed by atoms with Crippen LogP contribution in [0.1, 0.15) is 16.7 Å². The number of rotatable bonds is 5. The Morgan fingerprint density at radius 1 is 1.33 bits per heavy atom. The summed E-state index contributed by atoms with van der Waals surface area (Å²) in [4.78, 5) is 11.8. The first-order valence-corrected chi connectivity index (χ1v) is 8.94. The summed E-state index contributed by atoms with van der Waals surface area (Å²) in [6, 6.07) is 9.13. The molecule has 0 saturated carbocycles. The molecule has 126 valence electrons. The molecule has 7 heteroatoms. The second kappa shape index (κ2) is 8.48. The lowest BCUT2D eigenvalue weighted by atomic mass is 10.1. The molecule has 0 bridgehead atoms. The lowest BCUT2D eigenvalue weighted by Crippen LogP contribution is -2.24. The summed E-state index contributed by atoms with van der Waals surface area (Å²) in [5, 5.41) is 13.8. The Morgan fingerprint density at radius 2 is 2.08 bits per heavy atom. The number of amides is 1. The zero-order valence-electron chi connectivity index (χ0n) is 13.1. The SMILES string of the molecule is Cc1ccc(OCC(=O)N/N=C/c2cc(Br)cc(I)c2O)cc1C. The van der Waals surface area contributed by atoms with Gasteiger partial charge in [-0.3, -0.25) is 4.79 Å². The fourth-order valence-electron chi connectivity index (χ4n) is 1.84. The van der Waals surface area contributed by atoms with Crippen molar-refractivity contribution in [1.82, 2.24) is 5.43 Å². The van der Waals surface area contributed by atoms with Crippen LogP contribution in [0.2, 0.25) is 0 Å². The Bertz CT molecular complexity index is 794. The third-order valence-electron chi connectivity index (χ3n) is 3.30. The van der Waals surface area contributed by atoms with Crippen LogP contribution in [0.15, 0.2) is 39.9 Å². The van der Waals surface area contributed by atoms with Gasteiger partial charge >= 0.3 is 0 Å². The summed E-state index contributed by atoms with van der Waals surface area (Å²) < 4.78 is 6.93. The Morgan fingerprint density at radius 3 is 2.79 bits per heavy atom. The first kappa shape index (κ1) is 18.7. The van der Waals surface area contributed by atoms with E-state index < -0.39 is 0 Å². The molecule has 1 amide bonds. The van der Waals surface area contributed by atoms with Crippen LogP contribution in [0, 0.1) is 17.4 Å². The normalized spacial score (nSPS) is 10.8. The van der Waals surface area contributed by atoms with E-state index in [1.54, 1.807) is 12.1 Å². The van der Waals surface area contributed by atoms with Crippen molar-refractivity contribution in [3.8, 4) is 11.5 Å². The molecule has 0 aliphatic carbocycles. The van der Waals surface area contributed by atoms with E-state index in [1.165, 1.54) is 11.8 Å². The van der Waals surface area contributed by atoms with E-state index in [1.807, 2.05) is 54.6 Å². The van der Waals surface area contributed by atoms with Crippen molar-refractivity contribution in [3.63, 3.8) is 0 Å². The standard InChI is InChI=1S/C17H16BrIN2O3/c1-10-3-4-14(5-11(10)2)24-9-16(22)21-20-8-12-6-13(18)7-15(19)17(12)23/h3-8,23H,9H2,1-2H3,(H,21,22)/b20-8+. The minimum absolute atomic E-state index is 0.114. The van der Waals surface area contributed by atoms with E-state index >= 15 is 0 Å². The molecule has 2 aromatic carbocycles. The van der Waals surface area contributed by atoms with E-state index in [2.05, 4.69) is 26.5 Å². The van der Waals surface area contributed by atoms with Crippen molar-refractivity contribution < 1.29 is 14.6 Å². The van der Waals surface area contributed by atoms with Gasteiger partial charge in [-0.25, -0.2) is 5.43 Å². The molecule has 0 aliphatic heterocycles. The van der Waals surface area contributed by atoms with Gasteiger partial charge in [-0.1, -0.05) is 22.0 Å². The maximum Gasteiger partial charge on any atom is 0.277 e. The number of carbonyl (C=O) groups excluding carboxylic acids is 1. The number of hydrogen-bond acceptors (Lipinski definition) is 4. The number of phenols is 1. The molecule has 2 N–H and O–H groups in total. The number of aromatic hydroxyl groups is 1. The van der Waals surface area contributed by atoms with Crippen LogP contribution < -0.4 is 10.2 Å². The van der Waals surface area contributed by atoms with Crippen molar-refractivity contribution in [2.45, 2.75) is 13.8 Å². The van der Waals surface area contributed by atoms with Crippen LogP contribution in [-0.2, 0) is 4.79 Å². The number of nitrogens with zero attached hydrogens (tertiary/aromatic N) is 1. The minimum atomic E-state index is -0.381. The Kier molecular flexibility index (Phi) is 6.61. The molecule has 0 unspecified atom stereocenters. The number of hydrazone groups is 1. The van der Waals surface area contributed by atoms with Crippen LogP contribution in [0.25, 0.3) is 0 Å². The zero-order valence-corrected chi connectivity index (χ0v) is 16.9. The number of phenolic OH excluding ortho intramolecular Hbond substituents is 1. The molecule has 0 fully saturated rings. The van der Waals surface area contributed by atoms with Crippen molar-refractivity contribution in [1.29, 1.82) is 0 Å². The van der Waals surface area contributed by atoms with Crippen LogP contribution in [-0.4, -0.2) is 23.8 Å². The maximum atomic E-state index is 11.8. The highest BCUT2D eigenvalue weighted by Crippen LogP contribution is 2.27. The third-order valence-corrected chi connectivity index (χ3v) is 4.58. The summed E-state index contributed by atoms with van der Waals surface area (Å²) >= 11 is 5.36. The summed E-state index contributed by atoms with van der Waals surface area (Å²) in [7, 11) is 0. The van der Waals surface area contributed by atoms with Crippen molar-refractivity contribution >= 4 is 50.6 Å². The molecule has 0 spiro atoms. The highest BCUT2D eigenvalue weighted by molar-refractivity contribution is 14.1. The van der Waals surface area contributed by atoms with Crippen LogP contribution in [0.3, 0.4) is 0 Å². The quantitative estimate of drug-likeness (QED) is 0.370. The number of ether oxygens (including phenoxy) is 1. The number of halogens is 2. The van der Waals surface area contributed by atoms with Gasteiger partial charge in [-0.05, 0) is 71.8 Å². The Balaban J connectivity index is 1.90. The predicted octanol–water partition coefficient (Wildman–Crippen LogP) is 3.91. The van der Waals surface area contributed by atoms with Gasteiger partial charge in [-0.2, -0.15) is 5.10 Å². The van der Waals surface area contributed by atoms with Gasteiger partial charge in [0.05, 0.1) is 9.78 Å². The summed E-state index contributed by atoms with van der Waals surface area (Å²) in [6.45, 7) is 3.86. The zero-order chi connectivity index (χ0) is 17.7. The van der Waals surface area contributed by atoms with Gasteiger partial charge in [0, 0.05) is 10.0 Å². The molecular weight excluding hydrogens is 487 g/mol. The molecule has 0 radical (unpaired) electrons. The van der Waals surface area contributed by atoms with E-state index in [-0.39, 0.29) is 18.3 Å². The van der Waals surface area contributed by atoms with Gasteiger partial charge in [-0.15, -0.1) is 0 Å². The van der Waals surface area contributed by atoms with Gasteiger partial charge < -0.3 is 9.84 Å². The third kappa shape index (κ3) is 5.20. The fourth-order valence-corrected chi connectivity index (χ4v) is 3.39. The summed E-state index contributed by atoms with van der Waals surface area (Å²) in [5.41, 5.74) is 5.14. The molecular formula is C17H16BrIN2O3. The van der Waals surface area contributed by atoms with Gasteiger partial charge in [0.1, 0.15) is 11.5 Å². The van der Waals surface area contributed by atoms with Gasteiger partial charge in [0.25, 0.3) is 5.91 Å². The lowest BCUT2D eigenvalue weighted by Gasteiger charge is -2.07. The van der Waals surface area contributed by atoms with Crippen molar-refractivity contribution in [2.75, 3.05) is 6.61 Å². The molecule has 0 saturated heterocycles. The largest absolute Gasteiger partial charge is 0.506 e. The van der Waals surface area contributed by atoms with Gasteiger partial charge in [0.2, 0.25) is 0 Å². The minimum Gasteiger partial charge on any atom is -0.506 e. The van der Waals surface area contributed by atoms with E-state index in [4.69, 9.17) is 4.74 Å². The molecule has 5 nitrogen and oxygen atoms in total. The Labute approximate surface area is 162 Å². The van der Waals surface area contributed by atoms with Gasteiger partial charge in [0.15, 0.2) is 6.61 Å². The van der Waals surface area contributed by atoms with Crippen LogP contribution >= 0.6 is 38.5 Å². The average molecular weight is 503 g/mol. The molecule has 2 rings (SSSR count). The monoisotopic (exact) mass is 502 g/mol. The second-order valence-electron chi connectivity index (χ2n) is 5.15. The number of benzene rings is 2. The number of nitrogens with one attached hydrogen (secondary N) is 1. The maximum absolute atomic E-state index is 11.8. The average Bonchev–Trinajstić information content (AvgIpc) is 2.53. The number of aryl methyl sites for hydroxylation is 2. The molecule has 2 aromatic rings. The molecule has 0 atom stereocenters. The van der Waals surface area contributed by atoms with Crippen LogP contribution in [0.4, 0.5) is 0 Å². The molecule has 24 heavy (non-hydrogen) atoms. The van der Waals surface area contributed by atoms with E-state index in [0.717, 1.165) is 10.0 Å². The highest BCUT2D eigenvalue weighted by Gasteiger charge is 2.06. The first-order valence-electron chi connectivity index (χ1n) is 7.07. The smallest absolute Gasteiger partial charge is 0.277 e. The second-order valence-corrected chi connectivity index (χ2v) is 7.23. The summed E-state index contributed by atoms with van der Waals surface area (Å²) in [5.74, 6) is 0.369. The predicted molar refractivity (Wildman–Crippen MR) is 106 cm³/mol.